The number of nitrogens with zero attached hydrogens (tertiary/aromatic N) is 1. The van der Waals surface area contributed by atoms with Crippen LogP contribution in [0, 0.1) is 0 Å². The van der Waals surface area contributed by atoms with Crippen LogP contribution in [0.5, 0.6) is 5.75 Å². The van der Waals surface area contributed by atoms with E-state index in [4.69, 9.17) is 27.9 Å². The zero-order valence-electron chi connectivity index (χ0n) is 18.2. The summed E-state index contributed by atoms with van der Waals surface area (Å²) in [5, 5.41) is 2.25. The summed E-state index contributed by atoms with van der Waals surface area (Å²) >= 11 is 13.0. The third-order valence-corrected chi connectivity index (χ3v) is 6.83. The molecule has 174 valence electrons. The van der Waals surface area contributed by atoms with Crippen LogP contribution in [0.3, 0.4) is 0 Å². The fraction of sp³-hybridized carbons (Fsp3) is 0.160. The second-order valence-electron chi connectivity index (χ2n) is 7.47. The first-order chi connectivity index (χ1) is 16.3. The van der Waals surface area contributed by atoms with E-state index >= 15 is 0 Å². The topological polar surface area (TPSA) is 72.9 Å². The number of hydrogen-bond acceptors (Lipinski definition) is 6. The summed E-state index contributed by atoms with van der Waals surface area (Å²) in [7, 11) is 1.21. The molecule has 9 heteroatoms. The van der Waals surface area contributed by atoms with E-state index in [0.29, 0.717) is 21.4 Å². The number of esters is 1. The Hall–Kier alpha value is -3.00. The van der Waals surface area contributed by atoms with E-state index in [-0.39, 0.29) is 11.5 Å². The standard InChI is InChI=1S/C25H19Cl2NO5S/c1-14(24(30)32-2)28-23(29)22(34-25(28)31)12-19-18-6-4-3-5-15(18)8-10-21(19)33-13-16-7-9-17(26)11-20(16)27/h3-12,14H,13H2,1-2H3/b22-12+/t14-/m0/s1. The van der Waals surface area contributed by atoms with Crippen LogP contribution in [0.2, 0.25) is 10.0 Å². The number of carbonyl (C=O) groups is 3. The molecule has 6 nitrogen and oxygen atoms in total. The number of amides is 2. The number of hydrogen-bond donors (Lipinski definition) is 0. The van der Waals surface area contributed by atoms with Crippen LogP contribution in [0.25, 0.3) is 16.8 Å². The first-order valence-electron chi connectivity index (χ1n) is 10.2. The van der Waals surface area contributed by atoms with Crippen LogP contribution in [-0.2, 0) is 20.9 Å². The summed E-state index contributed by atoms with van der Waals surface area (Å²) in [5.41, 5.74) is 1.39. The van der Waals surface area contributed by atoms with E-state index in [1.54, 1.807) is 30.3 Å². The van der Waals surface area contributed by atoms with Gasteiger partial charge in [0, 0.05) is 21.2 Å². The van der Waals surface area contributed by atoms with E-state index in [2.05, 4.69) is 4.74 Å². The number of ether oxygens (including phenoxy) is 2. The van der Waals surface area contributed by atoms with Crippen molar-refractivity contribution in [3.05, 3.63) is 80.7 Å². The van der Waals surface area contributed by atoms with Crippen molar-refractivity contribution in [1.29, 1.82) is 0 Å². The van der Waals surface area contributed by atoms with Gasteiger partial charge in [-0.1, -0.05) is 59.6 Å². The fourth-order valence-corrected chi connectivity index (χ4v) is 4.92. The first-order valence-corrected chi connectivity index (χ1v) is 11.8. The lowest BCUT2D eigenvalue weighted by Crippen LogP contribution is -2.42. The molecular formula is C25H19Cl2NO5S. The van der Waals surface area contributed by atoms with Gasteiger partial charge < -0.3 is 9.47 Å². The summed E-state index contributed by atoms with van der Waals surface area (Å²) in [6, 6.07) is 15.5. The highest BCUT2D eigenvalue weighted by Crippen LogP contribution is 2.38. The average molecular weight is 516 g/mol. The van der Waals surface area contributed by atoms with Crippen LogP contribution in [-0.4, -0.2) is 35.2 Å². The number of rotatable bonds is 6. The van der Waals surface area contributed by atoms with Gasteiger partial charge in [-0.05, 0) is 53.7 Å². The Balaban J connectivity index is 1.72. The Bertz CT molecular complexity index is 1340. The van der Waals surface area contributed by atoms with Crippen LogP contribution >= 0.6 is 35.0 Å². The van der Waals surface area contributed by atoms with Gasteiger partial charge in [0.25, 0.3) is 11.1 Å². The summed E-state index contributed by atoms with van der Waals surface area (Å²) < 4.78 is 10.8. The smallest absolute Gasteiger partial charge is 0.328 e. The highest BCUT2D eigenvalue weighted by atomic mass is 35.5. The number of imide groups is 1. The van der Waals surface area contributed by atoms with Crippen molar-refractivity contribution in [3.63, 3.8) is 0 Å². The maximum atomic E-state index is 13.0. The molecule has 34 heavy (non-hydrogen) atoms. The monoisotopic (exact) mass is 515 g/mol. The summed E-state index contributed by atoms with van der Waals surface area (Å²) in [4.78, 5) is 38.6. The van der Waals surface area contributed by atoms with E-state index < -0.39 is 23.2 Å². The predicted molar refractivity (Wildman–Crippen MR) is 134 cm³/mol. The third kappa shape index (κ3) is 4.78. The molecule has 1 aliphatic rings. The number of methoxy groups -OCH3 is 1. The average Bonchev–Trinajstić information content (AvgIpc) is 3.10. The molecule has 0 aromatic heterocycles. The Morgan fingerprint density at radius 1 is 1.12 bits per heavy atom. The predicted octanol–water partition coefficient (Wildman–Crippen LogP) is 6.32. The molecule has 2 amide bonds. The van der Waals surface area contributed by atoms with Crippen LogP contribution < -0.4 is 4.74 Å². The zero-order valence-corrected chi connectivity index (χ0v) is 20.5. The minimum Gasteiger partial charge on any atom is -0.488 e. The van der Waals surface area contributed by atoms with Crippen LogP contribution in [0.1, 0.15) is 18.1 Å². The molecule has 0 saturated carbocycles. The second-order valence-corrected chi connectivity index (χ2v) is 9.31. The summed E-state index contributed by atoms with van der Waals surface area (Å²) in [5.74, 6) is -0.720. The van der Waals surface area contributed by atoms with E-state index in [0.717, 1.165) is 33.0 Å². The molecule has 4 rings (SSSR count). The quantitative estimate of drug-likeness (QED) is 0.282. The molecule has 0 N–H and O–H groups in total. The van der Waals surface area contributed by atoms with Gasteiger partial charge in [-0.2, -0.15) is 0 Å². The number of carbonyl (C=O) groups excluding carboxylic acids is 3. The molecule has 0 unspecified atom stereocenters. The minimum absolute atomic E-state index is 0.177. The molecular weight excluding hydrogens is 497 g/mol. The molecule has 1 fully saturated rings. The normalized spacial score (nSPS) is 15.8. The number of fused-ring (bicyclic) bond motifs is 1. The lowest BCUT2D eigenvalue weighted by Gasteiger charge is -2.18. The van der Waals surface area contributed by atoms with Gasteiger partial charge >= 0.3 is 5.97 Å². The van der Waals surface area contributed by atoms with Crippen molar-refractivity contribution in [1.82, 2.24) is 4.90 Å². The first kappa shape index (κ1) is 24.1. The van der Waals surface area contributed by atoms with Gasteiger partial charge in [0.2, 0.25) is 0 Å². The minimum atomic E-state index is -1.03. The van der Waals surface area contributed by atoms with Crippen molar-refractivity contribution < 1.29 is 23.9 Å². The Morgan fingerprint density at radius 3 is 2.62 bits per heavy atom. The van der Waals surface area contributed by atoms with Gasteiger partial charge in [-0.15, -0.1) is 0 Å². The van der Waals surface area contributed by atoms with Crippen molar-refractivity contribution in [2.75, 3.05) is 7.11 Å². The molecule has 1 heterocycles. The van der Waals surface area contributed by atoms with Crippen molar-refractivity contribution in [2.45, 2.75) is 19.6 Å². The number of halogens is 2. The van der Waals surface area contributed by atoms with Crippen molar-refractivity contribution in [3.8, 4) is 5.75 Å². The molecule has 0 spiro atoms. The third-order valence-electron chi connectivity index (χ3n) is 5.36. The van der Waals surface area contributed by atoms with Crippen molar-refractivity contribution >= 4 is 68.9 Å². The summed E-state index contributed by atoms with van der Waals surface area (Å²) in [6.45, 7) is 1.63. The van der Waals surface area contributed by atoms with Gasteiger partial charge in [-0.25, -0.2) is 4.79 Å². The molecule has 3 aromatic rings. The zero-order chi connectivity index (χ0) is 24.4. The van der Waals surface area contributed by atoms with Gasteiger partial charge in [0.05, 0.1) is 12.0 Å². The maximum Gasteiger partial charge on any atom is 0.328 e. The molecule has 0 bridgehead atoms. The van der Waals surface area contributed by atoms with Crippen LogP contribution in [0.4, 0.5) is 4.79 Å². The van der Waals surface area contributed by atoms with E-state index in [1.165, 1.54) is 14.0 Å². The largest absolute Gasteiger partial charge is 0.488 e. The Kier molecular flexibility index (Phi) is 7.16. The molecule has 0 radical (unpaired) electrons. The highest BCUT2D eigenvalue weighted by molar-refractivity contribution is 8.18. The van der Waals surface area contributed by atoms with Gasteiger partial charge in [-0.3, -0.25) is 14.5 Å². The molecule has 3 aromatic carbocycles. The molecule has 1 atom stereocenters. The van der Waals surface area contributed by atoms with E-state index in [1.807, 2.05) is 30.3 Å². The number of benzene rings is 3. The molecule has 0 aliphatic carbocycles. The van der Waals surface area contributed by atoms with Crippen LogP contribution in [0.15, 0.2) is 59.5 Å². The van der Waals surface area contributed by atoms with Gasteiger partial charge in [0.1, 0.15) is 18.4 Å². The second kappa shape index (κ2) is 10.1. The highest BCUT2D eigenvalue weighted by Gasteiger charge is 2.41. The number of thioether (sulfide) groups is 1. The SMILES string of the molecule is COC(=O)[C@H](C)N1C(=O)S/C(=C/c2c(OCc3ccc(Cl)cc3Cl)ccc3ccccc23)C1=O. The molecule has 1 saturated heterocycles. The van der Waals surface area contributed by atoms with Crippen molar-refractivity contribution in [2.24, 2.45) is 0 Å². The summed E-state index contributed by atoms with van der Waals surface area (Å²) in [6.07, 6.45) is 1.62. The lowest BCUT2D eigenvalue weighted by atomic mass is 10.0. The molecule has 1 aliphatic heterocycles. The maximum absolute atomic E-state index is 13.0. The fourth-order valence-electron chi connectivity index (χ4n) is 3.57. The van der Waals surface area contributed by atoms with Gasteiger partial charge in [0.15, 0.2) is 0 Å². The Labute approximate surface area is 210 Å². The lowest BCUT2D eigenvalue weighted by molar-refractivity contribution is -0.148. The van der Waals surface area contributed by atoms with E-state index in [9.17, 15) is 14.4 Å². The Morgan fingerprint density at radius 2 is 1.88 bits per heavy atom.